The van der Waals surface area contributed by atoms with Gasteiger partial charge in [0.2, 0.25) is 11.1 Å². The monoisotopic (exact) mass is 300 g/mol. The SMILES string of the molecule is N#CNC(N)=Nc1cccc(-c2csc(N=C(N)N)n2)c1. The van der Waals surface area contributed by atoms with Crippen molar-refractivity contribution < 1.29 is 0 Å². The van der Waals surface area contributed by atoms with Gasteiger partial charge in [0.1, 0.15) is 0 Å². The highest BCUT2D eigenvalue weighted by Crippen LogP contribution is 2.28. The second kappa shape index (κ2) is 6.36. The summed E-state index contributed by atoms with van der Waals surface area (Å²) in [4.78, 5) is 12.2. The number of aliphatic imine (C=N–C) groups is 2. The predicted molar refractivity (Wildman–Crippen MR) is 83.1 cm³/mol. The Morgan fingerprint density at radius 3 is 2.81 bits per heavy atom. The molecular formula is C12H12N8S. The molecule has 1 aromatic carbocycles. The summed E-state index contributed by atoms with van der Waals surface area (Å²) < 4.78 is 0. The molecule has 0 radical (unpaired) electrons. The van der Waals surface area contributed by atoms with Crippen LogP contribution in [0.15, 0.2) is 39.6 Å². The smallest absolute Gasteiger partial charge is 0.212 e. The number of hydrogen-bond donors (Lipinski definition) is 4. The summed E-state index contributed by atoms with van der Waals surface area (Å²) in [6.07, 6.45) is 1.70. The van der Waals surface area contributed by atoms with Crippen molar-refractivity contribution in [2.45, 2.75) is 0 Å². The molecule has 0 aliphatic rings. The topological polar surface area (TPSA) is 151 Å². The fourth-order valence-corrected chi connectivity index (χ4v) is 2.23. The van der Waals surface area contributed by atoms with Gasteiger partial charge in [-0.25, -0.2) is 9.98 Å². The van der Waals surface area contributed by atoms with E-state index in [9.17, 15) is 0 Å². The van der Waals surface area contributed by atoms with Crippen LogP contribution < -0.4 is 22.5 Å². The van der Waals surface area contributed by atoms with E-state index in [0.717, 1.165) is 11.3 Å². The Kier molecular flexibility index (Phi) is 4.33. The lowest BCUT2D eigenvalue weighted by Crippen LogP contribution is -2.26. The molecule has 0 amide bonds. The molecule has 0 atom stereocenters. The number of rotatable bonds is 3. The van der Waals surface area contributed by atoms with E-state index >= 15 is 0 Å². The van der Waals surface area contributed by atoms with Gasteiger partial charge in [0.25, 0.3) is 0 Å². The predicted octanol–water partition coefficient (Wildman–Crippen LogP) is 0.732. The van der Waals surface area contributed by atoms with Crippen molar-refractivity contribution in [3.8, 4) is 17.5 Å². The average Bonchev–Trinajstić information content (AvgIpc) is 2.87. The summed E-state index contributed by atoms with van der Waals surface area (Å²) in [6, 6.07) is 7.24. The first-order valence-electron chi connectivity index (χ1n) is 5.73. The van der Waals surface area contributed by atoms with Gasteiger partial charge in [0.05, 0.1) is 11.4 Å². The molecule has 8 nitrogen and oxygen atoms in total. The van der Waals surface area contributed by atoms with Gasteiger partial charge in [0, 0.05) is 10.9 Å². The Balaban J connectivity index is 2.29. The molecule has 0 saturated carbocycles. The highest BCUT2D eigenvalue weighted by Gasteiger charge is 2.05. The number of aromatic nitrogens is 1. The van der Waals surface area contributed by atoms with Gasteiger partial charge < -0.3 is 17.2 Å². The van der Waals surface area contributed by atoms with Crippen LogP contribution in [0.1, 0.15) is 0 Å². The Morgan fingerprint density at radius 2 is 2.10 bits per heavy atom. The highest BCUT2D eigenvalue weighted by atomic mass is 32.1. The number of thiazole rings is 1. The second-order valence-corrected chi connectivity index (χ2v) is 4.67. The summed E-state index contributed by atoms with van der Waals surface area (Å²) in [5, 5.41) is 13.0. The molecule has 0 saturated heterocycles. The van der Waals surface area contributed by atoms with E-state index in [1.807, 2.05) is 17.5 Å². The number of benzene rings is 1. The number of nitrogens with two attached hydrogens (primary N) is 3. The van der Waals surface area contributed by atoms with Crippen molar-refractivity contribution >= 4 is 34.1 Å². The molecule has 1 heterocycles. The van der Waals surface area contributed by atoms with Gasteiger partial charge in [-0.3, -0.25) is 5.32 Å². The van der Waals surface area contributed by atoms with Crippen LogP contribution in [0.25, 0.3) is 11.3 Å². The molecule has 0 aliphatic carbocycles. The Labute approximate surface area is 124 Å². The maximum absolute atomic E-state index is 8.46. The largest absolute Gasteiger partial charge is 0.370 e. The minimum atomic E-state index is -0.0374. The van der Waals surface area contributed by atoms with Gasteiger partial charge in [-0.05, 0) is 12.1 Å². The molecule has 2 rings (SSSR count). The normalized spacial score (nSPS) is 10.7. The summed E-state index contributed by atoms with van der Waals surface area (Å²) >= 11 is 1.33. The summed E-state index contributed by atoms with van der Waals surface area (Å²) in [5.41, 5.74) is 18.3. The third kappa shape index (κ3) is 3.92. The third-order valence-corrected chi connectivity index (χ3v) is 3.03. The molecule has 106 valence electrons. The third-order valence-electron chi connectivity index (χ3n) is 2.29. The van der Waals surface area contributed by atoms with Gasteiger partial charge in [-0.1, -0.05) is 12.1 Å². The average molecular weight is 300 g/mol. The molecule has 21 heavy (non-hydrogen) atoms. The highest BCUT2D eigenvalue weighted by molar-refractivity contribution is 7.13. The zero-order valence-corrected chi connectivity index (χ0v) is 11.6. The zero-order chi connectivity index (χ0) is 15.2. The van der Waals surface area contributed by atoms with E-state index in [2.05, 4.69) is 20.3 Å². The molecular weight excluding hydrogens is 288 g/mol. The van der Waals surface area contributed by atoms with Crippen LogP contribution in [0.3, 0.4) is 0 Å². The molecule has 0 aliphatic heterocycles. The molecule has 0 unspecified atom stereocenters. The van der Waals surface area contributed by atoms with Crippen molar-refractivity contribution in [1.82, 2.24) is 10.3 Å². The quantitative estimate of drug-likeness (QED) is 0.284. The van der Waals surface area contributed by atoms with E-state index in [0.29, 0.717) is 10.8 Å². The summed E-state index contributed by atoms with van der Waals surface area (Å²) in [7, 11) is 0. The van der Waals surface area contributed by atoms with E-state index < -0.39 is 0 Å². The molecule has 1 aromatic heterocycles. The first-order valence-corrected chi connectivity index (χ1v) is 6.61. The molecule has 0 spiro atoms. The first-order chi connectivity index (χ1) is 10.1. The molecule has 9 heteroatoms. The Bertz CT molecular complexity index is 736. The van der Waals surface area contributed by atoms with E-state index in [-0.39, 0.29) is 11.9 Å². The van der Waals surface area contributed by atoms with Gasteiger partial charge in [0.15, 0.2) is 12.2 Å². The lowest BCUT2D eigenvalue weighted by atomic mass is 10.1. The van der Waals surface area contributed by atoms with E-state index in [1.54, 1.807) is 18.3 Å². The van der Waals surface area contributed by atoms with Crippen molar-refractivity contribution in [3.63, 3.8) is 0 Å². The molecule has 2 aromatic rings. The fraction of sp³-hybridized carbons (Fsp3) is 0. The van der Waals surface area contributed by atoms with Crippen LogP contribution >= 0.6 is 11.3 Å². The van der Waals surface area contributed by atoms with Crippen LogP contribution in [0.2, 0.25) is 0 Å². The van der Waals surface area contributed by atoms with Crippen LogP contribution in [-0.4, -0.2) is 16.9 Å². The number of nitrogens with zero attached hydrogens (tertiary/aromatic N) is 4. The standard InChI is InChI=1S/C12H12N8S/c13-6-17-11(16)18-8-3-1-2-7(4-8)9-5-21-12(19-9)20-10(14)15/h1-5H,(H3,16,17,18)(H4,14,15,19,20). The maximum Gasteiger partial charge on any atom is 0.212 e. The Hall–Kier alpha value is -3.12. The van der Waals surface area contributed by atoms with Crippen LogP contribution in [0.5, 0.6) is 0 Å². The Morgan fingerprint density at radius 1 is 1.29 bits per heavy atom. The second-order valence-electron chi connectivity index (χ2n) is 3.84. The number of hydrogen-bond acceptors (Lipinski definition) is 5. The molecule has 0 bridgehead atoms. The number of nitrogens with one attached hydrogen (secondary N) is 1. The summed E-state index contributed by atoms with van der Waals surface area (Å²) in [6.45, 7) is 0. The van der Waals surface area contributed by atoms with Crippen LogP contribution in [-0.2, 0) is 0 Å². The number of nitriles is 1. The van der Waals surface area contributed by atoms with Crippen LogP contribution in [0, 0.1) is 11.5 Å². The number of guanidine groups is 2. The molecule has 0 fully saturated rings. The fourth-order valence-electron chi connectivity index (χ4n) is 1.52. The van der Waals surface area contributed by atoms with Crippen molar-refractivity contribution in [2.75, 3.05) is 0 Å². The lowest BCUT2D eigenvalue weighted by Gasteiger charge is -2.00. The van der Waals surface area contributed by atoms with Crippen molar-refractivity contribution in [1.29, 1.82) is 5.26 Å². The van der Waals surface area contributed by atoms with E-state index in [4.69, 9.17) is 22.5 Å². The maximum atomic E-state index is 8.46. The zero-order valence-electron chi connectivity index (χ0n) is 10.8. The first kappa shape index (κ1) is 14.3. The van der Waals surface area contributed by atoms with Gasteiger partial charge >= 0.3 is 0 Å². The van der Waals surface area contributed by atoms with Gasteiger partial charge in [-0.15, -0.1) is 11.3 Å². The van der Waals surface area contributed by atoms with E-state index in [1.165, 1.54) is 11.3 Å². The minimum Gasteiger partial charge on any atom is -0.370 e. The minimum absolute atomic E-state index is 0.0223. The lowest BCUT2D eigenvalue weighted by molar-refractivity contribution is 1.22. The van der Waals surface area contributed by atoms with Gasteiger partial charge in [-0.2, -0.15) is 10.3 Å². The van der Waals surface area contributed by atoms with Crippen molar-refractivity contribution in [3.05, 3.63) is 29.6 Å². The summed E-state index contributed by atoms with van der Waals surface area (Å²) in [5.74, 6) is -0.0151. The van der Waals surface area contributed by atoms with Crippen molar-refractivity contribution in [2.24, 2.45) is 27.2 Å². The molecule has 7 N–H and O–H groups in total. The van der Waals surface area contributed by atoms with Crippen LogP contribution in [0.4, 0.5) is 10.8 Å².